The van der Waals surface area contributed by atoms with Gasteiger partial charge in [-0.15, -0.1) is 0 Å². The number of fused-ring (bicyclic) bond motifs is 3. The molecular weight excluding hydrogens is 528 g/mol. The van der Waals surface area contributed by atoms with Crippen LogP contribution < -0.4 is 10.6 Å². The van der Waals surface area contributed by atoms with Crippen molar-refractivity contribution in [2.45, 2.75) is 63.3 Å². The predicted octanol–water partition coefficient (Wildman–Crippen LogP) is 1.40. The first-order chi connectivity index (χ1) is 19.0. The zero-order valence-electron chi connectivity index (χ0n) is 24.5. The second-order valence-electron chi connectivity index (χ2n) is 13.0. The summed E-state index contributed by atoms with van der Waals surface area (Å²) in [6.07, 6.45) is 2.45. The van der Waals surface area contributed by atoms with Crippen LogP contribution in [-0.4, -0.2) is 99.6 Å². The lowest BCUT2D eigenvalue weighted by Gasteiger charge is -2.50. The molecule has 6 N–H and O–H groups in total. The summed E-state index contributed by atoms with van der Waals surface area (Å²) in [5, 5.41) is 45.6. The number of likely N-dealkylation sites (N-methyl/N-ethyl adjacent to an activating group) is 1. The Labute approximate surface area is 239 Å². The molecule has 1 heterocycles. The average Bonchev–Trinajstić information content (AvgIpc) is 3.18. The van der Waals surface area contributed by atoms with Crippen molar-refractivity contribution in [3.8, 4) is 5.75 Å². The Kier molecular flexibility index (Phi) is 6.79. The summed E-state index contributed by atoms with van der Waals surface area (Å²) in [6, 6.07) is 0.506. The van der Waals surface area contributed by atoms with Gasteiger partial charge in [0, 0.05) is 43.4 Å². The molecule has 5 rings (SSSR count). The van der Waals surface area contributed by atoms with E-state index in [2.05, 4.69) is 18.7 Å². The van der Waals surface area contributed by atoms with Gasteiger partial charge >= 0.3 is 0 Å². The Hall–Kier alpha value is -3.41. The van der Waals surface area contributed by atoms with Crippen LogP contribution in [-0.2, 0) is 27.3 Å². The summed E-state index contributed by atoms with van der Waals surface area (Å²) in [5.74, 6) is -6.50. The lowest BCUT2D eigenvalue weighted by molar-refractivity contribution is -0.153. The highest BCUT2D eigenvalue weighted by molar-refractivity contribution is 6.24. The summed E-state index contributed by atoms with van der Waals surface area (Å²) in [6.45, 7) is 5.91. The van der Waals surface area contributed by atoms with Gasteiger partial charge in [0.15, 0.2) is 11.4 Å². The van der Waals surface area contributed by atoms with E-state index in [9.17, 15) is 34.8 Å². The van der Waals surface area contributed by atoms with E-state index in [1.165, 1.54) is 4.90 Å². The molecule has 0 aromatic heterocycles. The molecule has 0 spiro atoms. The number of phenolic OH excluding ortho intramolecular Hbond substituents is 1. The zero-order chi connectivity index (χ0) is 30.3. The maximum Gasteiger partial charge on any atom is 0.255 e. The molecular formula is C30H40N4O7. The molecule has 222 valence electrons. The van der Waals surface area contributed by atoms with Gasteiger partial charge < -0.3 is 31.1 Å². The molecule has 11 heteroatoms. The normalized spacial score (nSPS) is 29.5. The van der Waals surface area contributed by atoms with Crippen LogP contribution in [0.5, 0.6) is 5.75 Å². The molecule has 1 aliphatic heterocycles. The average molecular weight is 569 g/mol. The third-order valence-electron chi connectivity index (χ3n) is 9.65. The molecule has 4 aliphatic rings. The van der Waals surface area contributed by atoms with Gasteiger partial charge in [0.05, 0.1) is 11.6 Å². The molecule has 1 amide bonds. The van der Waals surface area contributed by atoms with Gasteiger partial charge in [-0.3, -0.25) is 24.2 Å². The standard InChI is InChI=1S/C30H40N4O7/c1-29(2)8-7-9-34(29)13-15-12-18(35)20-16(22(15)32(3)4)10-14-11-17-23(33(5)6)25(37)21(28(31)40)27(39)30(17,41)26(38)19(14)24(20)36/h12,14,17,23,35-36,39,41H,7-11,13H2,1-6H3,(H2,31,40)/t14-,17-,23-,30-/m0/s1. The van der Waals surface area contributed by atoms with Crippen LogP contribution in [0.4, 0.5) is 5.69 Å². The quantitative estimate of drug-likeness (QED) is 0.328. The van der Waals surface area contributed by atoms with Crippen LogP contribution in [0, 0.1) is 11.8 Å². The number of carbonyl (C=O) groups excluding carboxylic acids is 3. The van der Waals surface area contributed by atoms with Gasteiger partial charge in [-0.25, -0.2) is 0 Å². The first kappa shape index (κ1) is 29.1. The first-order valence-electron chi connectivity index (χ1n) is 14.0. The van der Waals surface area contributed by atoms with E-state index < -0.39 is 58.0 Å². The van der Waals surface area contributed by atoms with E-state index in [1.54, 1.807) is 20.2 Å². The number of aliphatic hydroxyl groups is 3. The number of benzene rings is 1. The minimum Gasteiger partial charge on any atom is -0.508 e. The third-order valence-corrected chi connectivity index (χ3v) is 9.65. The van der Waals surface area contributed by atoms with Crippen LogP contribution in [0.1, 0.15) is 49.8 Å². The Morgan fingerprint density at radius 2 is 1.80 bits per heavy atom. The zero-order valence-corrected chi connectivity index (χ0v) is 24.5. The summed E-state index contributed by atoms with van der Waals surface area (Å²) in [7, 11) is 6.95. The molecule has 4 atom stereocenters. The number of aromatic hydroxyl groups is 1. The number of carbonyl (C=O) groups is 3. The van der Waals surface area contributed by atoms with E-state index in [-0.39, 0.29) is 35.3 Å². The number of ketones is 2. The van der Waals surface area contributed by atoms with Crippen LogP contribution >= 0.6 is 0 Å². The number of primary amides is 1. The Bertz CT molecular complexity index is 1430. The minimum atomic E-state index is -2.65. The molecule has 0 radical (unpaired) electrons. The third kappa shape index (κ3) is 4.08. The fraction of sp³-hybridized carbons (Fsp3) is 0.567. The van der Waals surface area contributed by atoms with E-state index in [0.717, 1.165) is 30.6 Å². The molecule has 2 fully saturated rings. The minimum absolute atomic E-state index is 0.00143. The smallest absolute Gasteiger partial charge is 0.255 e. The number of phenols is 1. The van der Waals surface area contributed by atoms with Crippen molar-refractivity contribution in [2.75, 3.05) is 39.6 Å². The largest absolute Gasteiger partial charge is 0.508 e. The summed E-state index contributed by atoms with van der Waals surface area (Å²) in [5.41, 5.74) is 4.28. The van der Waals surface area contributed by atoms with E-state index >= 15 is 0 Å². The maximum absolute atomic E-state index is 14.0. The van der Waals surface area contributed by atoms with E-state index in [4.69, 9.17) is 5.73 Å². The van der Waals surface area contributed by atoms with Crippen molar-refractivity contribution in [2.24, 2.45) is 17.6 Å². The van der Waals surface area contributed by atoms with Gasteiger partial charge in [0.25, 0.3) is 5.91 Å². The summed E-state index contributed by atoms with van der Waals surface area (Å²) < 4.78 is 0. The molecule has 1 aromatic rings. The van der Waals surface area contributed by atoms with Crippen LogP contribution in [0.3, 0.4) is 0 Å². The van der Waals surface area contributed by atoms with Crippen molar-refractivity contribution >= 4 is 28.9 Å². The van der Waals surface area contributed by atoms with Crippen molar-refractivity contribution in [3.05, 3.63) is 39.7 Å². The number of likely N-dealkylation sites (tertiary alicyclic amines) is 1. The summed E-state index contributed by atoms with van der Waals surface area (Å²) in [4.78, 5) is 45.3. The van der Waals surface area contributed by atoms with Gasteiger partial charge in [-0.1, -0.05) is 0 Å². The maximum atomic E-state index is 14.0. The number of hydrogen-bond donors (Lipinski definition) is 5. The molecule has 1 saturated heterocycles. The lowest BCUT2D eigenvalue weighted by atomic mass is 9.57. The summed E-state index contributed by atoms with van der Waals surface area (Å²) >= 11 is 0. The number of hydrogen-bond acceptors (Lipinski definition) is 10. The molecule has 1 aromatic carbocycles. The van der Waals surface area contributed by atoms with Crippen molar-refractivity contribution in [1.82, 2.24) is 9.80 Å². The van der Waals surface area contributed by atoms with E-state index in [1.807, 2.05) is 19.0 Å². The number of anilines is 1. The Morgan fingerprint density at radius 3 is 2.34 bits per heavy atom. The van der Waals surface area contributed by atoms with Crippen LogP contribution in [0.25, 0.3) is 5.76 Å². The van der Waals surface area contributed by atoms with Gasteiger partial charge in [0.1, 0.15) is 22.8 Å². The fourth-order valence-corrected chi connectivity index (χ4v) is 7.71. The van der Waals surface area contributed by atoms with Gasteiger partial charge in [0.2, 0.25) is 5.78 Å². The second kappa shape index (κ2) is 9.57. The Morgan fingerprint density at radius 1 is 1.15 bits per heavy atom. The van der Waals surface area contributed by atoms with Crippen molar-refractivity contribution in [3.63, 3.8) is 0 Å². The number of rotatable bonds is 5. The SMILES string of the molecule is CN(C)c1c(CN2CCCC2(C)C)cc(O)c2c1C[C@H]1C[C@H]3[C@H](N(C)C)C(=O)C(C(N)=O)=C(O)[C@@]3(O)C(=O)C1=C2O. The molecule has 0 unspecified atom stereocenters. The van der Waals surface area contributed by atoms with Crippen LogP contribution in [0.15, 0.2) is 23.0 Å². The van der Waals surface area contributed by atoms with Crippen molar-refractivity contribution in [1.29, 1.82) is 0 Å². The second-order valence-corrected chi connectivity index (χ2v) is 13.0. The van der Waals surface area contributed by atoms with Crippen LogP contribution in [0.2, 0.25) is 0 Å². The number of aliphatic hydroxyl groups excluding tert-OH is 2. The molecule has 0 bridgehead atoms. The Balaban J connectivity index is 1.69. The fourth-order valence-electron chi connectivity index (χ4n) is 7.71. The number of amides is 1. The van der Waals surface area contributed by atoms with E-state index in [0.29, 0.717) is 12.1 Å². The number of Topliss-reactive ketones (excluding diaryl/α,β-unsaturated/α-hetero) is 2. The first-order valence-corrected chi connectivity index (χ1v) is 14.0. The monoisotopic (exact) mass is 568 g/mol. The molecule has 11 nitrogen and oxygen atoms in total. The highest BCUT2D eigenvalue weighted by Gasteiger charge is 2.64. The highest BCUT2D eigenvalue weighted by Crippen LogP contribution is 2.54. The highest BCUT2D eigenvalue weighted by atomic mass is 16.3. The molecule has 3 aliphatic carbocycles. The lowest BCUT2D eigenvalue weighted by Crippen LogP contribution is -2.65. The van der Waals surface area contributed by atoms with Gasteiger partial charge in [-0.2, -0.15) is 0 Å². The topological polar surface area (TPSA) is 168 Å². The molecule has 1 saturated carbocycles. The predicted molar refractivity (Wildman–Crippen MR) is 152 cm³/mol. The van der Waals surface area contributed by atoms with Crippen molar-refractivity contribution < 1.29 is 34.8 Å². The van der Waals surface area contributed by atoms with Gasteiger partial charge in [-0.05, 0) is 83.3 Å². The number of nitrogens with two attached hydrogens (primary N) is 1. The molecule has 41 heavy (non-hydrogen) atoms. The number of nitrogens with zero attached hydrogens (tertiary/aromatic N) is 3.